The summed E-state index contributed by atoms with van der Waals surface area (Å²) in [6.07, 6.45) is 2.13. The van der Waals surface area contributed by atoms with Gasteiger partial charge >= 0.3 is 0 Å². The first-order valence-corrected chi connectivity index (χ1v) is 8.49. The van der Waals surface area contributed by atoms with Crippen molar-refractivity contribution in [2.24, 2.45) is 5.10 Å². The van der Waals surface area contributed by atoms with Gasteiger partial charge in [0.2, 0.25) is 0 Å². The maximum absolute atomic E-state index is 6.26. The zero-order valence-corrected chi connectivity index (χ0v) is 15.6. The second kappa shape index (κ2) is 8.16. The van der Waals surface area contributed by atoms with Crippen LogP contribution >= 0.6 is 50.7 Å². The lowest BCUT2D eigenvalue weighted by Gasteiger charge is -2.11. The van der Waals surface area contributed by atoms with Crippen LogP contribution in [0.4, 0.5) is 0 Å². The highest BCUT2D eigenvalue weighted by Gasteiger charge is 2.14. The van der Waals surface area contributed by atoms with E-state index in [1.807, 2.05) is 25.1 Å². The molecular formula is C15H13BrCl3N3. The van der Waals surface area contributed by atoms with Crippen LogP contribution in [0.2, 0.25) is 15.2 Å². The van der Waals surface area contributed by atoms with E-state index in [2.05, 4.69) is 31.4 Å². The molecule has 0 atom stereocenters. The van der Waals surface area contributed by atoms with E-state index in [-0.39, 0.29) is 0 Å². The standard InChI is InChI=1S/C15H13BrCl3N3/c1-2-21-22-13(11-7-10(16)8-20-15(11)19)6-9-4-3-5-12(17)14(9)18/h3-5,7-8,21H,2,6H2,1H3. The maximum Gasteiger partial charge on any atom is 0.138 e. The number of nitrogens with one attached hydrogen (secondary N) is 1. The van der Waals surface area contributed by atoms with Gasteiger partial charge < -0.3 is 5.43 Å². The van der Waals surface area contributed by atoms with Crippen LogP contribution < -0.4 is 5.43 Å². The Morgan fingerprint density at radius 1 is 1.32 bits per heavy atom. The molecule has 2 rings (SSSR count). The lowest BCUT2D eigenvalue weighted by molar-refractivity contribution is 0.780. The van der Waals surface area contributed by atoms with Crippen LogP contribution in [0.25, 0.3) is 0 Å². The van der Waals surface area contributed by atoms with Gasteiger partial charge in [0.15, 0.2) is 0 Å². The smallest absolute Gasteiger partial charge is 0.138 e. The van der Waals surface area contributed by atoms with Gasteiger partial charge in [-0.1, -0.05) is 46.9 Å². The van der Waals surface area contributed by atoms with Gasteiger partial charge in [-0.3, -0.25) is 0 Å². The molecule has 0 aliphatic rings. The van der Waals surface area contributed by atoms with Crippen LogP contribution in [0.15, 0.2) is 40.0 Å². The second-order valence-corrected chi connectivity index (χ2v) is 6.51. The first kappa shape index (κ1) is 17.5. The quantitative estimate of drug-likeness (QED) is 0.401. The Balaban J connectivity index is 2.43. The van der Waals surface area contributed by atoms with Crippen molar-refractivity contribution in [2.75, 3.05) is 6.54 Å². The van der Waals surface area contributed by atoms with Crippen molar-refractivity contribution < 1.29 is 0 Å². The van der Waals surface area contributed by atoms with Gasteiger partial charge in [0.25, 0.3) is 0 Å². The van der Waals surface area contributed by atoms with Crippen molar-refractivity contribution >= 4 is 56.4 Å². The van der Waals surface area contributed by atoms with Crippen molar-refractivity contribution in [2.45, 2.75) is 13.3 Å². The number of halogens is 4. The van der Waals surface area contributed by atoms with E-state index in [1.165, 1.54) is 0 Å². The van der Waals surface area contributed by atoms with E-state index in [4.69, 9.17) is 34.8 Å². The number of hydrogen-bond donors (Lipinski definition) is 1. The van der Waals surface area contributed by atoms with Crippen molar-refractivity contribution in [3.05, 3.63) is 61.3 Å². The average Bonchev–Trinajstić information content (AvgIpc) is 2.50. The van der Waals surface area contributed by atoms with E-state index in [0.29, 0.717) is 28.2 Å². The van der Waals surface area contributed by atoms with Gasteiger partial charge in [-0.05, 0) is 40.5 Å². The fraction of sp³-hybridized carbons (Fsp3) is 0.200. The molecule has 1 aromatic carbocycles. The molecule has 7 heteroatoms. The normalized spacial score (nSPS) is 11.6. The topological polar surface area (TPSA) is 37.3 Å². The SMILES string of the molecule is CCNN=C(Cc1cccc(Cl)c1Cl)c1cc(Br)cnc1Cl. The maximum atomic E-state index is 6.26. The van der Waals surface area contributed by atoms with Crippen LogP contribution in [-0.4, -0.2) is 17.2 Å². The monoisotopic (exact) mass is 419 g/mol. The lowest BCUT2D eigenvalue weighted by Crippen LogP contribution is -2.14. The minimum Gasteiger partial charge on any atom is -0.310 e. The van der Waals surface area contributed by atoms with E-state index in [0.717, 1.165) is 21.3 Å². The van der Waals surface area contributed by atoms with Crippen molar-refractivity contribution in [1.82, 2.24) is 10.4 Å². The lowest BCUT2D eigenvalue weighted by atomic mass is 10.0. The van der Waals surface area contributed by atoms with Crippen LogP contribution in [0.1, 0.15) is 18.1 Å². The highest BCUT2D eigenvalue weighted by atomic mass is 79.9. The fourth-order valence-corrected chi connectivity index (χ4v) is 2.79. The molecule has 1 aromatic heterocycles. The van der Waals surface area contributed by atoms with Crippen LogP contribution in [0, 0.1) is 0 Å². The van der Waals surface area contributed by atoms with Gasteiger partial charge in [0.1, 0.15) is 5.15 Å². The summed E-state index contributed by atoms with van der Waals surface area (Å²) in [7, 11) is 0. The molecule has 0 bridgehead atoms. The largest absolute Gasteiger partial charge is 0.310 e. The second-order valence-electron chi connectivity index (χ2n) is 4.45. The highest BCUT2D eigenvalue weighted by Crippen LogP contribution is 2.28. The number of rotatable bonds is 5. The molecule has 3 nitrogen and oxygen atoms in total. The zero-order chi connectivity index (χ0) is 16.1. The van der Waals surface area contributed by atoms with Crippen molar-refractivity contribution in [3.8, 4) is 0 Å². The number of nitrogens with zero attached hydrogens (tertiary/aromatic N) is 2. The van der Waals surface area contributed by atoms with E-state index in [1.54, 1.807) is 12.3 Å². The molecule has 0 unspecified atom stereocenters. The van der Waals surface area contributed by atoms with Gasteiger partial charge in [-0.25, -0.2) is 4.98 Å². The van der Waals surface area contributed by atoms with E-state index < -0.39 is 0 Å². The number of aromatic nitrogens is 1. The molecule has 0 fully saturated rings. The highest BCUT2D eigenvalue weighted by molar-refractivity contribution is 9.10. The Morgan fingerprint density at radius 2 is 2.09 bits per heavy atom. The Kier molecular flexibility index (Phi) is 6.50. The van der Waals surface area contributed by atoms with E-state index in [9.17, 15) is 0 Å². The molecule has 116 valence electrons. The van der Waals surface area contributed by atoms with Gasteiger partial charge in [0.05, 0.1) is 15.8 Å². The predicted octanol–water partition coefficient (Wildman–Crippen LogP) is 5.36. The molecule has 22 heavy (non-hydrogen) atoms. The molecule has 0 aliphatic carbocycles. The molecule has 0 aliphatic heterocycles. The molecule has 0 saturated heterocycles. The minimum absolute atomic E-state index is 0.387. The summed E-state index contributed by atoms with van der Waals surface area (Å²) >= 11 is 21.9. The summed E-state index contributed by atoms with van der Waals surface area (Å²) in [4.78, 5) is 4.14. The molecular weight excluding hydrogens is 408 g/mol. The van der Waals surface area contributed by atoms with E-state index >= 15 is 0 Å². The Hall–Kier alpha value is -0.810. The first-order chi connectivity index (χ1) is 10.5. The number of benzene rings is 1. The molecule has 1 N–H and O–H groups in total. The molecule has 2 aromatic rings. The molecule has 0 saturated carbocycles. The molecule has 0 amide bonds. The summed E-state index contributed by atoms with van der Waals surface area (Å²) in [5.74, 6) is 0. The third kappa shape index (κ3) is 4.35. The number of hydrazone groups is 1. The Morgan fingerprint density at radius 3 is 2.82 bits per heavy atom. The number of pyridine rings is 1. The summed E-state index contributed by atoms with van der Waals surface area (Å²) in [6.45, 7) is 2.67. The van der Waals surface area contributed by atoms with Gasteiger partial charge in [0, 0.05) is 29.2 Å². The third-order valence-electron chi connectivity index (χ3n) is 2.88. The summed E-state index contributed by atoms with van der Waals surface area (Å²) in [5, 5.41) is 5.82. The van der Waals surface area contributed by atoms with Crippen molar-refractivity contribution in [3.63, 3.8) is 0 Å². The summed E-state index contributed by atoms with van der Waals surface area (Å²) in [5.41, 5.74) is 5.32. The fourth-order valence-electron chi connectivity index (χ4n) is 1.86. The average molecular weight is 422 g/mol. The minimum atomic E-state index is 0.387. The van der Waals surface area contributed by atoms with Crippen molar-refractivity contribution in [1.29, 1.82) is 0 Å². The Bertz CT molecular complexity index is 704. The number of hydrogen-bond acceptors (Lipinski definition) is 3. The van der Waals surface area contributed by atoms with Crippen LogP contribution in [0.5, 0.6) is 0 Å². The zero-order valence-electron chi connectivity index (χ0n) is 11.7. The molecule has 0 spiro atoms. The molecule has 0 radical (unpaired) electrons. The third-order valence-corrected chi connectivity index (χ3v) is 4.47. The Labute approximate surface area is 152 Å². The van der Waals surface area contributed by atoms with Gasteiger partial charge in [-0.15, -0.1) is 0 Å². The summed E-state index contributed by atoms with van der Waals surface area (Å²) < 4.78 is 0.827. The first-order valence-electron chi connectivity index (χ1n) is 6.56. The van der Waals surface area contributed by atoms with Crippen LogP contribution in [0.3, 0.4) is 0 Å². The molecule has 1 heterocycles. The predicted molar refractivity (Wildman–Crippen MR) is 97.3 cm³/mol. The van der Waals surface area contributed by atoms with Crippen LogP contribution in [-0.2, 0) is 6.42 Å². The summed E-state index contributed by atoms with van der Waals surface area (Å²) in [6, 6.07) is 7.40. The van der Waals surface area contributed by atoms with Gasteiger partial charge in [-0.2, -0.15) is 5.10 Å².